The van der Waals surface area contributed by atoms with Crippen LogP contribution in [0.3, 0.4) is 0 Å². The number of aromatic nitrogens is 1. The van der Waals surface area contributed by atoms with Gasteiger partial charge in [0.25, 0.3) is 5.69 Å². The van der Waals surface area contributed by atoms with Crippen molar-refractivity contribution in [3.8, 4) is 0 Å². The minimum Gasteiger partial charge on any atom is -0.407 e. The van der Waals surface area contributed by atoms with Crippen molar-refractivity contribution < 1.29 is 18.5 Å². The average Bonchev–Trinajstić information content (AvgIpc) is 2.89. The number of nitrogens with one attached hydrogen (secondary N) is 1. The average molecular weight is 359 g/mol. The number of non-ortho nitro benzene ring substituents is 1. The zero-order chi connectivity index (χ0) is 18.7. The second-order valence-corrected chi connectivity index (χ2v) is 5.59. The molecule has 0 aliphatic rings. The molecule has 0 saturated carbocycles. The minimum atomic E-state index is -0.647. The zero-order valence-electron chi connectivity index (χ0n) is 13.5. The van der Waals surface area contributed by atoms with Gasteiger partial charge < -0.3 is 9.73 Å². The summed E-state index contributed by atoms with van der Waals surface area (Å²) in [6, 6.07) is 9.44. The van der Waals surface area contributed by atoms with Crippen LogP contribution < -0.4 is 11.1 Å². The molecule has 0 saturated heterocycles. The summed E-state index contributed by atoms with van der Waals surface area (Å²) >= 11 is 0. The van der Waals surface area contributed by atoms with E-state index >= 15 is 0 Å². The number of amides is 1. The number of oxazole rings is 1. The van der Waals surface area contributed by atoms with Crippen LogP contribution in [0.1, 0.15) is 12.8 Å². The number of carbonyl (C=O) groups is 1. The van der Waals surface area contributed by atoms with E-state index in [1.165, 1.54) is 41.0 Å². The molecule has 1 aromatic heterocycles. The fraction of sp³-hybridized carbons (Fsp3) is 0.176. The number of hydrogen-bond donors (Lipinski definition) is 1. The highest BCUT2D eigenvalue weighted by Crippen LogP contribution is 2.20. The fourth-order valence-corrected chi connectivity index (χ4v) is 2.57. The summed E-state index contributed by atoms with van der Waals surface area (Å²) in [5.74, 6) is -1.41. The van der Waals surface area contributed by atoms with Gasteiger partial charge in [0.1, 0.15) is 5.82 Å². The quantitative estimate of drug-likeness (QED) is 0.537. The third kappa shape index (κ3) is 3.77. The minimum absolute atomic E-state index is 0.114. The van der Waals surface area contributed by atoms with Crippen molar-refractivity contribution in [1.82, 2.24) is 4.57 Å². The number of nitro groups is 1. The van der Waals surface area contributed by atoms with Crippen LogP contribution in [-0.2, 0) is 11.3 Å². The molecule has 1 N–H and O–H groups in total. The summed E-state index contributed by atoms with van der Waals surface area (Å²) in [6.45, 7) is 0.209. The maximum Gasteiger partial charge on any atom is 0.419 e. The Kier molecular flexibility index (Phi) is 4.78. The monoisotopic (exact) mass is 359 g/mol. The van der Waals surface area contributed by atoms with Gasteiger partial charge >= 0.3 is 5.76 Å². The topological polar surface area (TPSA) is 107 Å². The molecule has 0 fully saturated rings. The molecule has 0 spiro atoms. The van der Waals surface area contributed by atoms with Crippen molar-refractivity contribution in [3.05, 3.63) is 68.9 Å². The van der Waals surface area contributed by atoms with Crippen molar-refractivity contribution in [1.29, 1.82) is 0 Å². The van der Waals surface area contributed by atoms with Crippen LogP contribution in [0.15, 0.2) is 51.7 Å². The summed E-state index contributed by atoms with van der Waals surface area (Å²) < 4.78 is 19.4. The molecule has 9 heteroatoms. The van der Waals surface area contributed by atoms with E-state index in [2.05, 4.69) is 5.32 Å². The van der Waals surface area contributed by atoms with Crippen molar-refractivity contribution in [3.63, 3.8) is 0 Å². The summed E-state index contributed by atoms with van der Waals surface area (Å²) in [5.41, 5.74) is 0.723. The van der Waals surface area contributed by atoms with E-state index in [1.54, 1.807) is 6.07 Å². The molecular formula is C17H14FN3O5. The first-order valence-electron chi connectivity index (χ1n) is 7.77. The SMILES string of the molecule is O=C(CCCn1c(=O)oc2cc([N+](=O)[O-])ccc21)Nc1cccc(F)c1. The Morgan fingerprint density at radius 1 is 1.27 bits per heavy atom. The molecule has 0 atom stereocenters. The third-order valence-electron chi connectivity index (χ3n) is 3.76. The second-order valence-electron chi connectivity index (χ2n) is 5.59. The van der Waals surface area contributed by atoms with Crippen LogP contribution in [-0.4, -0.2) is 15.4 Å². The third-order valence-corrected chi connectivity index (χ3v) is 3.76. The smallest absolute Gasteiger partial charge is 0.407 e. The molecule has 1 heterocycles. The Hall–Kier alpha value is -3.49. The number of fused-ring (bicyclic) bond motifs is 1. The Morgan fingerprint density at radius 2 is 2.08 bits per heavy atom. The number of hydrogen-bond acceptors (Lipinski definition) is 5. The number of nitrogens with zero attached hydrogens (tertiary/aromatic N) is 2. The Labute approximate surface area is 146 Å². The van der Waals surface area contributed by atoms with Gasteiger partial charge in [0.15, 0.2) is 5.58 Å². The van der Waals surface area contributed by atoms with Gasteiger partial charge in [0.2, 0.25) is 5.91 Å². The highest BCUT2D eigenvalue weighted by atomic mass is 19.1. The summed E-state index contributed by atoms with van der Waals surface area (Å²) in [4.78, 5) is 34.0. The number of aryl methyl sites for hydroxylation is 1. The van der Waals surface area contributed by atoms with Gasteiger partial charge in [-0.25, -0.2) is 9.18 Å². The molecule has 134 valence electrons. The molecule has 0 unspecified atom stereocenters. The van der Waals surface area contributed by atoms with Crippen LogP contribution in [0.5, 0.6) is 0 Å². The first-order valence-corrected chi connectivity index (χ1v) is 7.77. The molecule has 0 aliphatic carbocycles. The maximum atomic E-state index is 13.1. The predicted octanol–water partition coefficient (Wildman–Crippen LogP) is 3.06. The van der Waals surface area contributed by atoms with Gasteiger partial charge in [0.05, 0.1) is 16.5 Å². The Morgan fingerprint density at radius 3 is 2.81 bits per heavy atom. The van der Waals surface area contributed by atoms with Gasteiger partial charge in [-0.2, -0.15) is 0 Å². The lowest BCUT2D eigenvalue weighted by Gasteiger charge is -2.05. The Bertz CT molecular complexity index is 1040. The molecule has 8 nitrogen and oxygen atoms in total. The number of benzene rings is 2. The summed E-state index contributed by atoms with van der Waals surface area (Å²) in [5, 5.41) is 13.3. The second kappa shape index (κ2) is 7.18. The van der Waals surface area contributed by atoms with Crippen LogP contribution in [0.4, 0.5) is 15.8 Å². The molecule has 0 aliphatic heterocycles. The molecule has 26 heavy (non-hydrogen) atoms. The summed E-state index contributed by atoms with van der Waals surface area (Å²) in [6.07, 6.45) is 0.454. The molecule has 0 radical (unpaired) electrons. The van der Waals surface area contributed by atoms with Crippen molar-refractivity contribution >= 4 is 28.4 Å². The van der Waals surface area contributed by atoms with E-state index < -0.39 is 16.5 Å². The zero-order valence-corrected chi connectivity index (χ0v) is 13.5. The summed E-state index contributed by atoms with van der Waals surface area (Å²) in [7, 11) is 0. The van der Waals surface area contributed by atoms with E-state index in [0.29, 0.717) is 17.6 Å². The highest BCUT2D eigenvalue weighted by Gasteiger charge is 2.14. The fourth-order valence-electron chi connectivity index (χ4n) is 2.57. The lowest BCUT2D eigenvalue weighted by atomic mass is 10.2. The first-order chi connectivity index (χ1) is 12.4. The number of halogens is 1. The molecule has 0 bridgehead atoms. The van der Waals surface area contributed by atoms with Crippen LogP contribution in [0.25, 0.3) is 11.1 Å². The predicted molar refractivity (Wildman–Crippen MR) is 91.4 cm³/mol. The van der Waals surface area contributed by atoms with Crippen molar-refractivity contribution in [2.75, 3.05) is 5.32 Å². The van der Waals surface area contributed by atoms with E-state index in [4.69, 9.17) is 4.42 Å². The number of anilines is 1. The van der Waals surface area contributed by atoms with Gasteiger partial charge in [0, 0.05) is 24.7 Å². The van der Waals surface area contributed by atoms with E-state index in [1.807, 2.05) is 0 Å². The van der Waals surface area contributed by atoms with Gasteiger partial charge in [-0.15, -0.1) is 0 Å². The van der Waals surface area contributed by atoms with E-state index in [-0.39, 0.29) is 30.1 Å². The normalized spacial score (nSPS) is 10.8. The highest BCUT2D eigenvalue weighted by molar-refractivity contribution is 5.90. The van der Waals surface area contributed by atoms with Crippen LogP contribution in [0, 0.1) is 15.9 Å². The molecule has 1 amide bonds. The van der Waals surface area contributed by atoms with Gasteiger partial charge in [-0.05, 0) is 30.7 Å². The molecule has 3 aromatic rings. The molecule has 3 rings (SSSR count). The molecular weight excluding hydrogens is 345 g/mol. The van der Waals surface area contributed by atoms with E-state index in [9.17, 15) is 24.1 Å². The number of nitro benzene ring substituents is 1. The standard InChI is InChI=1S/C17H14FN3O5/c18-11-3-1-4-12(9-11)19-16(22)5-2-8-20-14-7-6-13(21(24)25)10-15(14)26-17(20)23/h1,3-4,6-7,9-10H,2,5,8H2,(H,19,22). The van der Waals surface area contributed by atoms with Crippen LogP contribution >= 0.6 is 0 Å². The molecule has 2 aromatic carbocycles. The van der Waals surface area contributed by atoms with Crippen LogP contribution in [0.2, 0.25) is 0 Å². The largest absolute Gasteiger partial charge is 0.419 e. The van der Waals surface area contributed by atoms with Gasteiger partial charge in [-0.1, -0.05) is 6.07 Å². The maximum absolute atomic E-state index is 13.1. The van der Waals surface area contributed by atoms with Crippen molar-refractivity contribution in [2.45, 2.75) is 19.4 Å². The number of rotatable bonds is 6. The lowest BCUT2D eigenvalue weighted by Crippen LogP contribution is -2.17. The van der Waals surface area contributed by atoms with Crippen molar-refractivity contribution in [2.24, 2.45) is 0 Å². The van der Waals surface area contributed by atoms with E-state index in [0.717, 1.165) is 0 Å². The lowest BCUT2D eigenvalue weighted by molar-refractivity contribution is -0.384. The first kappa shape index (κ1) is 17.3. The van der Waals surface area contributed by atoms with Gasteiger partial charge in [-0.3, -0.25) is 19.5 Å². The Balaban J connectivity index is 1.64. The number of carbonyl (C=O) groups excluding carboxylic acids is 1.